The van der Waals surface area contributed by atoms with E-state index >= 15 is 0 Å². The summed E-state index contributed by atoms with van der Waals surface area (Å²) in [6.45, 7) is 6.75. The monoisotopic (exact) mass is 382 g/mol. The summed E-state index contributed by atoms with van der Waals surface area (Å²) in [5, 5.41) is 0. The van der Waals surface area contributed by atoms with E-state index < -0.39 is 0 Å². The van der Waals surface area contributed by atoms with Gasteiger partial charge in [0.05, 0.1) is 0 Å². The Morgan fingerprint density at radius 1 is 0.889 bits per heavy atom. The molecule has 2 aromatic rings. The van der Waals surface area contributed by atoms with Gasteiger partial charge in [-0.15, -0.1) is 0 Å². The van der Waals surface area contributed by atoms with Crippen LogP contribution in [0.3, 0.4) is 0 Å². The lowest BCUT2D eigenvalue weighted by Gasteiger charge is -2.36. The third-order valence-electron chi connectivity index (χ3n) is 4.88. The Labute approximate surface area is 165 Å². The van der Waals surface area contributed by atoms with Crippen molar-refractivity contribution in [1.82, 2.24) is 4.90 Å². The molecule has 27 heavy (non-hydrogen) atoms. The zero-order chi connectivity index (χ0) is 19.2. The van der Waals surface area contributed by atoms with E-state index in [1.807, 2.05) is 53.1 Å². The van der Waals surface area contributed by atoms with Crippen LogP contribution in [-0.4, -0.2) is 48.5 Å². The molecule has 0 aliphatic carbocycles. The van der Waals surface area contributed by atoms with Crippen LogP contribution in [0.2, 0.25) is 0 Å². The van der Waals surface area contributed by atoms with Gasteiger partial charge in [0.25, 0.3) is 5.91 Å². The molecule has 0 saturated carbocycles. The van der Waals surface area contributed by atoms with E-state index in [1.165, 1.54) is 5.56 Å². The zero-order valence-corrected chi connectivity index (χ0v) is 16.8. The molecule has 2 aromatic carbocycles. The molecule has 1 amide bonds. The van der Waals surface area contributed by atoms with E-state index in [-0.39, 0.29) is 11.7 Å². The molecule has 1 aliphatic heterocycles. The SMILES string of the molecule is CCSCc1ccc(C(=O)N2CCN(c3ccc(C(C)=O)cc3)CC2)cc1. The summed E-state index contributed by atoms with van der Waals surface area (Å²) < 4.78 is 0. The molecule has 0 atom stereocenters. The zero-order valence-electron chi connectivity index (χ0n) is 16.0. The van der Waals surface area contributed by atoms with E-state index in [0.29, 0.717) is 13.1 Å². The van der Waals surface area contributed by atoms with Crippen LogP contribution in [0.4, 0.5) is 5.69 Å². The fourth-order valence-corrected chi connectivity index (χ4v) is 3.85. The average Bonchev–Trinajstić information content (AvgIpc) is 2.72. The Kier molecular flexibility index (Phi) is 6.56. The topological polar surface area (TPSA) is 40.6 Å². The summed E-state index contributed by atoms with van der Waals surface area (Å²) in [4.78, 5) is 28.3. The van der Waals surface area contributed by atoms with Crippen molar-refractivity contribution in [2.45, 2.75) is 19.6 Å². The highest BCUT2D eigenvalue weighted by molar-refractivity contribution is 7.98. The second-order valence-electron chi connectivity index (χ2n) is 6.72. The van der Waals surface area contributed by atoms with Crippen LogP contribution < -0.4 is 4.90 Å². The smallest absolute Gasteiger partial charge is 0.253 e. The minimum absolute atomic E-state index is 0.0799. The van der Waals surface area contributed by atoms with Crippen molar-refractivity contribution in [2.24, 2.45) is 0 Å². The van der Waals surface area contributed by atoms with Gasteiger partial charge in [-0.2, -0.15) is 11.8 Å². The van der Waals surface area contributed by atoms with Gasteiger partial charge in [0.2, 0.25) is 0 Å². The maximum absolute atomic E-state index is 12.8. The lowest BCUT2D eigenvalue weighted by Crippen LogP contribution is -2.48. The molecule has 0 spiro atoms. The van der Waals surface area contributed by atoms with Crippen LogP contribution in [0, 0.1) is 0 Å². The standard InChI is InChI=1S/C22H26N2O2S/c1-3-27-16-18-4-6-20(7-5-18)22(26)24-14-12-23(13-15-24)21-10-8-19(9-11-21)17(2)25/h4-11H,3,12-16H2,1-2H3. The molecule has 1 aliphatic rings. The minimum atomic E-state index is 0.0799. The van der Waals surface area contributed by atoms with Gasteiger partial charge in [0.15, 0.2) is 5.78 Å². The third-order valence-corrected chi connectivity index (χ3v) is 5.83. The number of nitrogens with zero attached hydrogens (tertiary/aromatic N) is 2. The summed E-state index contributed by atoms with van der Waals surface area (Å²) in [5.41, 5.74) is 3.86. The van der Waals surface area contributed by atoms with Gasteiger partial charge in [-0.1, -0.05) is 19.1 Å². The lowest BCUT2D eigenvalue weighted by atomic mass is 10.1. The average molecular weight is 383 g/mol. The first-order valence-corrected chi connectivity index (χ1v) is 10.6. The van der Waals surface area contributed by atoms with Crippen molar-refractivity contribution in [2.75, 3.05) is 36.8 Å². The lowest BCUT2D eigenvalue weighted by molar-refractivity contribution is 0.0746. The number of piperazine rings is 1. The van der Waals surface area contributed by atoms with E-state index in [4.69, 9.17) is 0 Å². The molecule has 1 fully saturated rings. The van der Waals surface area contributed by atoms with Crippen molar-refractivity contribution < 1.29 is 9.59 Å². The molecule has 3 rings (SSSR count). The summed E-state index contributed by atoms with van der Waals surface area (Å²) in [6.07, 6.45) is 0. The summed E-state index contributed by atoms with van der Waals surface area (Å²) in [5.74, 6) is 2.28. The first kappa shape index (κ1) is 19.5. The number of carbonyl (C=O) groups excluding carboxylic acids is 2. The van der Waals surface area contributed by atoms with Crippen LogP contribution in [0.1, 0.15) is 40.1 Å². The molecule has 142 valence electrons. The number of benzene rings is 2. The van der Waals surface area contributed by atoms with Gasteiger partial charge < -0.3 is 9.80 Å². The Balaban J connectivity index is 1.56. The van der Waals surface area contributed by atoms with Crippen molar-refractivity contribution >= 4 is 29.1 Å². The Hall–Kier alpha value is -2.27. The van der Waals surface area contributed by atoms with Crippen LogP contribution in [0.15, 0.2) is 48.5 Å². The number of rotatable bonds is 6. The minimum Gasteiger partial charge on any atom is -0.368 e. The molecule has 4 nitrogen and oxygen atoms in total. The van der Waals surface area contributed by atoms with Gasteiger partial charge >= 0.3 is 0 Å². The second-order valence-corrected chi connectivity index (χ2v) is 7.99. The molecule has 0 radical (unpaired) electrons. The molecular formula is C22H26N2O2S. The summed E-state index contributed by atoms with van der Waals surface area (Å²) in [6, 6.07) is 15.7. The van der Waals surface area contributed by atoms with Crippen molar-refractivity contribution in [3.63, 3.8) is 0 Å². The third kappa shape index (κ3) is 4.92. The number of carbonyl (C=O) groups is 2. The maximum atomic E-state index is 12.8. The van der Waals surface area contributed by atoms with Gasteiger partial charge in [-0.05, 0) is 54.6 Å². The van der Waals surface area contributed by atoms with Crippen LogP contribution in [-0.2, 0) is 5.75 Å². The number of thioether (sulfide) groups is 1. The molecule has 0 aromatic heterocycles. The number of anilines is 1. The molecule has 1 saturated heterocycles. The molecule has 0 N–H and O–H groups in total. The van der Waals surface area contributed by atoms with Gasteiger partial charge in [0.1, 0.15) is 0 Å². The molecule has 0 unspecified atom stereocenters. The normalized spacial score (nSPS) is 14.3. The van der Waals surface area contributed by atoms with Gasteiger partial charge in [-0.3, -0.25) is 9.59 Å². The largest absolute Gasteiger partial charge is 0.368 e. The highest BCUT2D eigenvalue weighted by Gasteiger charge is 2.22. The molecular weight excluding hydrogens is 356 g/mol. The van der Waals surface area contributed by atoms with Crippen molar-refractivity contribution in [3.8, 4) is 0 Å². The van der Waals surface area contributed by atoms with Gasteiger partial charge in [-0.25, -0.2) is 0 Å². The number of Topliss-reactive ketones (excluding diaryl/α,β-unsaturated/α-hetero) is 1. The highest BCUT2D eigenvalue weighted by atomic mass is 32.2. The summed E-state index contributed by atoms with van der Waals surface area (Å²) in [7, 11) is 0. The molecule has 0 bridgehead atoms. The maximum Gasteiger partial charge on any atom is 0.253 e. The van der Waals surface area contributed by atoms with Crippen LogP contribution in [0.5, 0.6) is 0 Å². The predicted molar refractivity (Wildman–Crippen MR) is 113 cm³/mol. The van der Waals surface area contributed by atoms with Crippen molar-refractivity contribution in [1.29, 1.82) is 0 Å². The van der Waals surface area contributed by atoms with E-state index in [2.05, 4.69) is 24.0 Å². The van der Waals surface area contributed by atoms with E-state index in [9.17, 15) is 9.59 Å². The molecule has 1 heterocycles. The van der Waals surface area contributed by atoms with E-state index in [1.54, 1.807) is 6.92 Å². The summed E-state index contributed by atoms with van der Waals surface area (Å²) >= 11 is 1.88. The Morgan fingerprint density at radius 2 is 1.48 bits per heavy atom. The number of hydrogen-bond acceptors (Lipinski definition) is 4. The fourth-order valence-electron chi connectivity index (χ4n) is 3.22. The molecule has 5 heteroatoms. The van der Waals surface area contributed by atoms with Crippen LogP contribution >= 0.6 is 11.8 Å². The Morgan fingerprint density at radius 3 is 2.04 bits per heavy atom. The van der Waals surface area contributed by atoms with E-state index in [0.717, 1.165) is 41.4 Å². The number of ketones is 1. The van der Waals surface area contributed by atoms with Crippen molar-refractivity contribution in [3.05, 3.63) is 65.2 Å². The Bertz CT molecular complexity index is 779. The van der Waals surface area contributed by atoms with Gasteiger partial charge in [0, 0.05) is 48.7 Å². The number of amides is 1. The highest BCUT2D eigenvalue weighted by Crippen LogP contribution is 2.19. The van der Waals surface area contributed by atoms with Crippen LogP contribution in [0.25, 0.3) is 0 Å². The second kappa shape index (κ2) is 9.09. The number of hydrogen-bond donors (Lipinski definition) is 0. The first-order chi connectivity index (χ1) is 13.1. The quantitative estimate of drug-likeness (QED) is 0.705. The predicted octanol–water partition coefficient (Wildman–Crippen LogP) is 4.10. The first-order valence-electron chi connectivity index (χ1n) is 9.40. The fraction of sp³-hybridized carbons (Fsp3) is 0.364.